The van der Waals surface area contributed by atoms with Crippen LogP contribution in [-0.2, 0) is 0 Å². The SMILES string of the molecule is C=Nn1cc(-c2cccnc2)cc(Cl)c1=N/C(C)=C/C=C/NCNc1ccc(OC)nc1. The number of nitrogens with zero attached hydrogens (tertiary/aromatic N) is 5. The molecule has 9 heteroatoms. The van der Waals surface area contributed by atoms with Crippen LogP contribution in [0.5, 0.6) is 5.88 Å². The Kier molecular flexibility index (Phi) is 8.16. The van der Waals surface area contributed by atoms with Crippen molar-refractivity contribution in [2.75, 3.05) is 19.1 Å². The highest BCUT2D eigenvalue weighted by atomic mass is 35.5. The van der Waals surface area contributed by atoms with Crippen molar-refractivity contribution in [2.45, 2.75) is 6.92 Å². The molecular weight excluding hydrogens is 426 g/mol. The summed E-state index contributed by atoms with van der Waals surface area (Å²) in [5.41, 5.74) is 3.94. The van der Waals surface area contributed by atoms with Gasteiger partial charge in [-0.2, -0.15) is 5.10 Å². The molecule has 3 aromatic heterocycles. The van der Waals surface area contributed by atoms with Crippen LogP contribution in [0.1, 0.15) is 6.92 Å². The quantitative estimate of drug-likeness (QED) is 0.223. The number of pyridine rings is 3. The molecule has 0 unspecified atom stereocenters. The third-order valence-corrected chi connectivity index (χ3v) is 4.57. The van der Waals surface area contributed by atoms with Gasteiger partial charge in [-0.15, -0.1) is 0 Å². The van der Waals surface area contributed by atoms with E-state index in [2.05, 4.69) is 37.4 Å². The van der Waals surface area contributed by atoms with E-state index in [0.29, 0.717) is 23.1 Å². The molecule has 0 aliphatic rings. The van der Waals surface area contributed by atoms with Crippen molar-refractivity contribution < 1.29 is 4.74 Å². The van der Waals surface area contributed by atoms with Gasteiger partial charge in [-0.25, -0.2) is 14.7 Å². The van der Waals surface area contributed by atoms with Crippen LogP contribution in [-0.4, -0.2) is 35.1 Å². The van der Waals surface area contributed by atoms with Gasteiger partial charge in [0, 0.05) is 48.2 Å². The molecule has 0 spiro atoms. The molecule has 0 amide bonds. The number of hydrogen-bond donors (Lipinski definition) is 2. The van der Waals surface area contributed by atoms with Crippen molar-refractivity contribution >= 4 is 24.0 Å². The number of anilines is 1. The Morgan fingerprint density at radius 2 is 2.16 bits per heavy atom. The van der Waals surface area contributed by atoms with E-state index >= 15 is 0 Å². The molecule has 0 atom stereocenters. The van der Waals surface area contributed by atoms with Crippen LogP contribution in [0, 0.1) is 0 Å². The molecular formula is C23H24ClN7O. The van der Waals surface area contributed by atoms with Crippen LogP contribution in [0.3, 0.4) is 0 Å². The lowest BCUT2D eigenvalue weighted by Gasteiger charge is -2.07. The first kappa shape index (κ1) is 22.8. The summed E-state index contributed by atoms with van der Waals surface area (Å²) < 4.78 is 6.59. The second kappa shape index (κ2) is 11.5. The Bertz CT molecular complexity index is 1170. The zero-order chi connectivity index (χ0) is 22.8. The monoisotopic (exact) mass is 449 g/mol. The van der Waals surface area contributed by atoms with Crippen LogP contribution in [0.25, 0.3) is 11.1 Å². The molecule has 0 fully saturated rings. The molecule has 0 saturated heterocycles. The Balaban J connectivity index is 1.64. The van der Waals surface area contributed by atoms with E-state index in [1.54, 1.807) is 36.4 Å². The van der Waals surface area contributed by atoms with Gasteiger partial charge < -0.3 is 15.4 Å². The second-order valence-corrected chi connectivity index (χ2v) is 6.96. The normalized spacial score (nSPS) is 12.1. The van der Waals surface area contributed by atoms with Gasteiger partial charge in [0.25, 0.3) is 0 Å². The van der Waals surface area contributed by atoms with E-state index in [1.807, 2.05) is 55.7 Å². The highest BCUT2D eigenvalue weighted by molar-refractivity contribution is 6.30. The maximum Gasteiger partial charge on any atom is 0.213 e. The molecule has 3 aromatic rings. The van der Waals surface area contributed by atoms with Gasteiger partial charge in [0.1, 0.15) is 0 Å². The number of ether oxygens (including phenoxy) is 1. The first-order valence-corrected chi connectivity index (χ1v) is 10.1. The minimum Gasteiger partial charge on any atom is -0.481 e. The topological polar surface area (TPSA) is 88.7 Å². The van der Waals surface area contributed by atoms with Crippen molar-refractivity contribution in [3.05, 3.63) is 89.7 Å². The summed E-state index contributed by atoms with van der Waals surface area (Å²) >= 11 is 6.49. The Labute approximate surface area is 191 Å². The van der Waals surface area contributed by atoms with Crippen molar-refractivity contribution in [3.8, 4) is 17.0 Å². The minimum absolute atomic E-state index is 0.464. The van der Waals surface area contributed by atoms with Crippen molar-refractivity contribution in [3.63, 3.8) is 0 Å². The average Bonchev–Trinajstić information content (AvgIpc) is 2.83. The van der Waals surface area contributed by atoms with Crippen molar-refractivity contribution in [1.29, 1.82) is 0 Å². The Hall–Kier alpha value is -3.91. The standard InChI is InChI=1S/C23H24ClN7O/c1-17(6-4-11-27-16-29-20-8-9-22(32-3)28-14-20)30-23-21(24)12-19(15-31(23)25-2)18-7-5-10-26-13-18/h4-15,27,29H,2,16H2,1,3H3/b11-4+,17-6+,30-23?. The molecule has 0 aliphatic carbocycles. The highest BCUT2D eigenvalue weighted by Crippen LogP contribution is 2.19. The summed E-state index contributed by atoms with van der Waals surface area (Å²) in [6, 6.07) is 9.34. The van der Waals surface area contributed by atoms with Crippen LogP contribution in [0.15, 0.2) is 89.3 Å². The molecule has 0 saturated carbocycles. The van der Waals surface area contributed by atoms with Crippen LogP contribution < -0.4 is 20.9 Å². The summed E-state index contributed by atoms with van der Waals surface area (Å²) in [6.45, 7) is 6.04. The number of nitrogens with one attached hydrogen (secondary N) is 2. The average molecular weight is 450 g/mol. The number of halogens is 1. The minimum atomic E-state index is 0.464. The maximum absolute atomic E-state index is 6.49. The molecule has 0 aromatic carbocycles. The predicted octanol–water partition coefficient (Wildman–Crippen LogP) is 4.05. The fraction of sp³-hybridized carbons (Fsp3) is 0.130. The summed E-state index contributed by atoms with van der Waals surface area (Å²) in [6.07, 6.45) is 12.5. The number of aromatic nitrogens is 3. The maximum atomic E-state index is 6.49. The lowest BCUT2D eigenvalue weighted by Crippen LogP contribution is -2.18. The van der Waals surface area contributed by atoms with Gasteiger partial charge >= 0.3 is 0 Å². The van der Waals surface area contributed by atoms with E-state index in [0.717, 1.165) is 22.5 Å². The van der Waals surface area contributed by atoms with Gasteiger partial charge in [0.2, 0.25) is 5.88 Å². The Morgan fingerprint density at radius 1 is 1.28 bits per heavy atom. The summed E-state index contributed by atoms with van der Waals surface area (Å²) in [7, 11) is 1.59. The summed E-state index contributed by atoms with van der Waals surface area (Å²) in [5.74, 6) is 0.576. The van der Waals surface area contributed by atoms with Crippen molar-refractivity contribution in [1.82, 2.24) is 20.0 Å². The fourth-order valence-corrected chi connectivity index (χ4v) is 2.97. The predicted molar refractivity (Wildman–Crippen MR) is 128 cm³/mol. The van der Waals surface area contributed by atoms with Gasteiger partial charge in [0.05, 0.1) is 30.7 Å². The number of methoxy groups -OCH3 is 1. The molecule has 0 bridgehead atoms. The van der Waals surface area contributed by atoms with Crippen molar-refractivity contribution in [2.24, 2.45) is 10.1 Å². The summed E-state index contributed by atoms with van der Waals surface area (Å²) in [4.78, 5) is 12.9. The Morgan fingerprint density at radius 3 is 2.84 bits per heavy atom. The smallest absolute Gasteiger partial charge is 0.213 e. The molecule has 2 N–H and O–H groups in total. The van der Waals surface area contributed by atoms with E-state index < -0.39 is 0 Å². The lowest BCUT2D eigenvalue weighted by molar-refractivity contribution is 0.398. The zero-order valence-corrected chi connectivity index (χ0v) is 18.6. The van der Waals surface area contributed by atoms with Gasteiger partial charge in [-0.05, 0) is 43.5 Å². The number of rotatable bonds is 9. The molecule has 0 radical (unpaired) electrons. The molecule has 32 heavy (non-hydrogen) atoms. The number of hydrogen-bond acceptors (Lipinski definition) is 7. The highest BCUT2D eigenvalue weighted by Gasteiger charge is 2.05. The van der Waals surface area contributed by atoms with E-state index in [4.69, 9.17) is 16.3 Å². The molecule has 3 rings (SSSR count). The fourth-order valence-electron chi connectivity index (χ4n) is 2.72. The van der Waals surface area contributed by atoms with Gasteiger partial charge in [-0.1, -0.05) is 17.7 Å². The van der Waals surface area contributed by atoms with Gasteiger partial charge in [0.15, 0.2) is 5.49 Å². The third-order valence-electron chi connectivity index (χ3n) is 4.30. The van der Waals surface area contributed by atoms with E-state index in [9.17, 15) is 0 Å². The zero-order valence-electron chi connectivity index (χ0n) is 17.9. The number of allylic oxidation sites excluding steroid dienone is 3. The van der Waals surface area contributed by atoms with E-state index in [-0.39, 0.29) is 0 Å². The van der Waals surface area contributed by atoms with Crippen LogP contribution in [0.2, 0.25) is 5.02 Å². The second-order valence-electron chi connectivity index (χ2n) is 6.55. The molecule has 0 aliphatic heterocycles. The molecule has 3 heterocycles. The molecule has 164 valence electrons. The van der Waals surface area contributed by atoms with Gasteiger partial charge in [-0.3, -0.25) is 4.98 Å². The van der Waals surface area contributed by atoms with Crippen LogP contribution >= 0.6 is 11.6 Å². The lowest BCUT2D eigenvalue weighted by atomic mass is 10.1. The van der Waals surface area contributed by atoms with E-state index in [1.165, 1.54) is 0 Å². The largest absolute Gasteiger partial charge is 0.481 e. The third kappa shape index (κ3) is 6.29. The first-order chi connectivity index (χ1) is 15.6. The molecule has 8 nitrogen and oxygen atoms in total. The first-order valence-electron chi connectivity index (χ1n) is 9.76. The summed E-state index contributed by atoms with van der Waals surface area (Å²) in [5, 5.41) is 10.8. The van der Waals surface area contributed by atoms with Crippen LogP contribution in [0.4, 0.5) is 5.69 Å².